The van der Waals surface area contributed by atoms with Crippen LogP contribution in [0.25, 0.3) is 0 Å². The number of hydrogen-bond donors (Lipinski definition) is 0. The summed E-state index contributed by atoms with van der Waals surface area (Å²) in [5, 5.41) is 0. The van der Waals surface area contributed by atoms with Gasteiger partial charge in [0.1, 0.15) is 22.9 Å². The first kappa shape index (κ1) is 57.3. The summed E-state index contributed by atoms with van der Waals surface area (Å²) in [6, 6.07) is 13.5. The van der Waals surface area contributed by atoms with Crippen LogP contribution in [0.3, 0.4) is 0 Å². The summed E-state index contributed by atoms with van der Waals surface area (Å²) in [6.07, 6.45) is -3.80. The summed E-state index contributed by atoms with van der Waals surface area (Å²) < 4.78 is 100. The molecular weight excluding hydrogens is 1020 g/mol. The molecule has 0 N–H and O–H groups in total. The van der Waals surface area contributed by atoms with Gasteiger partial charge in [0.25, 0.3) is 11.8 Å². The van der Waals surface area contributed by atoms with Crippen LogP contribution in [0.1, 0.15) is 117 Å². The highest BCUT2D eigenvalue weighted by Crippen LogP contribution is 2.42. The molecule has 2 aromatic heterocycles. The fourth-order valence-electron chi connectivity index (χ4n) is 12.3. The van der Waals surface area contributed by atoms with Gasteiger partial charge in [-0.05, 0) is 137 Å². The minimum Gasteiger partial charge on any atom is -0.493 e. The van der Waals surface area contributed by atoms with Crippen molar-refractivity contribution in [2.24, 2.45) is 0 Å². The summed E-state index contributed by atoms with van der Waals surface area (Å²) in [5.74, 6) is 1.25. The number of likely N-dealkylation sites (tertiary alicyclic amines) is 4. The Balaban J connectivity index is 0.000000190. The van der Waals surface area contributed by atoms with E-state index in [0.717, 1.165) is 152 Å². The van der Waals surface area contributed by atoms with Gasteiger partial charge in [0.2, 0.25) is 0 Å². The summed E-state index contributed by atoms with van der Waals surface area (Å²) >= 11 is 0. The Kier molecular flexibility index (Phi) is 18.0. The molecule has 0 unspecified atom stereocenters. The molecule has 4 bridgehead atoms. The van der Waals surface area contributed by atoms with E-state index in [1.807, 2.05) is 0 Å². The normalized spacial score (nSPS) is 22.9. The fourth-order valence-corrected chi connectivity index (χ4v) is 12.3. The maximum Gasteiger partial charge on any atom is 0.417 e. The number of piperazine rings is 2. The van der Waals surface area contributed by atoms with Gasteiger partial charge in [-0.25, -0.2) is 0 Å². The molecule has 0 saturated carbocycles. The fraction of sp³-hybridized carbons (Fsp3) is 0.586. The number of nitrogens with zero attached hydrogens (tertiary/aromatic N) is 8. The third-order valence-corrected chi connectivity index (χ3v) is 17.1. The van der Waals surface area contributed by atoms with E-state index in [-0.39, 0.29) is 59.5 Å². The van der Waals surface area contributed by atoms with E-state index in [0.29, 0.717) is 26.3 Å². The molecule has 424 valence electrons. The van der Waals surface area contributed by atoms with Crippen LogP contribution in [-0.4, -0.2) is 180 Å². The maximum absolute atomic E-state index is 13.0. The Morgan fingerprint density at radius 1 is 0.551 bits per heavy atom. The number of rotatable bonds is 16. The van der Waals surface area contributed by atoms with Gasteiger partial charge in [-0.3, -0.25) is 39.2 Å². The first-order valence-corrected chi connectivity index (χ1v) is 27.5. The smallest absolute Gasteiger partial charge is 0.417 e. The molecule has 6 aliphatic rings. The van der Waals surface area contributed by atoms with E-state index < -0.39 is 23.5 Å². The van der Waals surface area contributed by atoms with Crippen molar-refractivity contribution in [2.75, 3.05) is 105 Å². The maximum atomic E-state index is 13.0. The highest BCUT2D eigenvalue weighted by atomic mass is 19.4. The quantitative estimate of drug-likeness (QED) is 0.0788. The molecular formula is C58H74F6N8O6. The second-order valence-electron chi connectivity index (χ2n) is 21.7. The van der Waals surface area contributed by atoms with Gasteiger partial charge in [0, 0.05) is 114 Å². The number of benzene rings is 2. The van der Waals surface area contributed by atoms with Gasteiger partial charge in [-0.2, -0.15) is 26.3 Å². The standard InChI is InChI=1S/2C29H37F3N4O3/c2*1-19-20(2)27(39-12-4-9-34-10-13-38-14-11-34)8-6-25(19)21(3)35-17-24-15-23(35)18-36(24)28(37)26-7-5-22(16-33-26)29(30,31)32/h2*5-8,16,21,23-24H,4,9-15,17-18H2,1-3H3/t2*21-,23-,24-/m00/s1. The lowest BCUT2D eigenvalue weighted by atomic mass is 9.96. The predicted octanol–water partition coefficient (Wildman–Crippen LogP) is 8.96. The SMILES string of the molecule is Cc1c(OCCCN2CCOCC2)ccc([C@H](C)N2C[C@@H]3C[C@H]2CN3C(=O)c2ccc(C(F)(F)F)cn2)c1C.Cc1c(OCCCN2CCOCC2)ccc([C@H](C)N2C[C@@H]3C[C@H]2CN3C(=O)c2ccc(C(F)(F)F)cn2)c1C. The average molecular weight is 1090 g/mol. The average Bonchev–Trinajstić information content (AvgIpc) is 4.32. The number of ether oxygens (including phenoxy) is 4. The molecule has 14 nitrogen and oxygen atoms in total. The van der Waals surface area contributed by atoms with Crippen LogP contribution >= 0.6 is 0 Å². The Labute approximate surface area is 453 Å². The van der Waals surface area contributed by atoms with Crippen LogP contribution < -0.4 is 9.47 Å². The summed E-state index contributed by atoms with van der Waals surface area (Å²) in [7, 11) is 0. The Hall–Kier alpha value is -5.38. The molecule has 0 aliphatic carbocycles. The lowest BCUT2D eigenvalue weighted by Gasteiger charge is -2.38. The third-order valence-electron chi connectivity index (χ3n) is 17.1. The van der Waals surface area contributed by atoms with Crippen molar-refractivity contribution in [1.29, 1.82) is 0 Å². The van der Waals surface area contributed by atoms with E-state index in [1.165, 1.54) is 34.4 Å². The van der Waals surface area contributed by atoms with Gasteiger partial charge in [-0.15, -0.1) is 0 Å². The van der Waals surface area contributed by atoms with Gasteiger partial charge in [0.05, 0.1) is 50.8 Å². The highest BCUT2D eigenvalue weighted by Gasteiger charge is 2.49. The van der Waals surface area contributed by atoms with Crippen molar-refractivity contribution < 1.29 is 54.9 Å². The van der Waals surface area contributed by atoms with Crippen molar-refractivity contribution in [3.8, 4) is 11.5 Å². The number of carbonyl (C=O) groups is 2. The predicted molar refractivity (Wildman–Crippen MR) is 282 cm³/mol. The molecule has 6 fully saturated rings. The number of carbonyl (C=O) groups excluding carboxylic acids is 2. The molecule has 2 aromatic carbocycles. The minimum atomic E-state index is -4.47. The van der Waals surface area contributed by atoms with Crippen molar-refractivity contribution in [3.63, 3.8) is 0 Å². The molecule has 6 atom stereocenters. The van der Waals surface area contributed by atoms with Gasteiger partial charge >= 0.3 is 12.4 Å². The summed E-state index contributed by atoms with van der Waals surface area (Å²) in [5.41, 5.74) is 5.67. The van der Waals surface area contributed by atoms with Crippen LogP contribution in [0.4, 0.5) is 26.3 Å². The number of halogens is 6. The molecule has 8 heterocycles. The molecule has 6 saturated heterocycles. The van der Waals surface area contributed by atoms with Gasteiger partial charge in [0.15, 0.2) is 0 Å². The lowest BCUT2D eigenvalue weighted by Crippen LogP contribution is -2.49. The van der Waals surface area contributed by atoms with Crippen molar-refractivity contribution in [3.05, 3.63) is 117 Å². The molecule has 0 radical (unpaired) electrons. The molecule has 4 aromatic rings. The number of fused-ring (bicyclic) bond motifs is 4. The third kappa shape index (κ3) is 12.9. The number of morpholine rings is 2. The van der Waals surface area contributed by atoms with Gasteiger partial charge in [-0.1, -0.05) is 12.1 Å². The number of pyridine rings is 2. The number of aromatic nitrogens is 2. The van der Waals surface area contributed by atoms with E-state index in [9.17, 15) is 35.9 Å². The van der Waals surface area contributed by atoms with Crippen LogP contribution in [0.2, 0.25) is 0 Å². The Morgan fingerprint density at radius 2 is 0.936 bits per heavy atom. The first-order chi connectivity index (χ1) is 37.3. The monoisotopic (exact) mass is 1090 g/mol. The van der Waals surface area contributed by atoms with Crippen molar-refractivity contribution in [1.82, 2.24) is 39.4 Å². The van der Waals surface area contributed by atoms with Crippen LogP contribution in [0, 0.1) is 27.7 Å². The van der Waals surface area contributed by atoms with Crippen LogP contribution in [0.5, 0.6) is 11.5 Å². The lowest BCUT2D eigenvalue weighted by molar-refractivity contribution is -0.138. The molecule has 0 spiro atoms. The zero-order valence-electron chi connectivity index (χ0n) is 45.7. The summed E-state index contributed by atoms with van der Waals surface area (Å²) in [4.78, 5) is 46.9. The van der Waals surface area contributed by atoms with Crippen LogP contribution in [0.15, 0.2) is 60.9 Å². The minimum absolute atomic E-state index is 0.0320. The number of amides is 2. The van der Waals surface area contributed by atoms with E-state index in [4.69, 9.17) is 18.9 Å². The highest BCUT2D eigenvalue weighted by molar-refractivity contribution is 5.93. The van der Waals surface area contributed by atoms with E-state index >= 15 is 0 Å². The second kappa shape index (κ2) is 24.5. The zero-order chi connectivity index (χ0) is 55.5. The topological polar surface area (TPSA) is 116 Å². The van der Waals surface area contributed by atoms with Crippen molar-refractivity contribution >= 4 is 11.8 Å². The zero-order valence-corrected chi connectivity index (χ0v) is 45.7. The molecule has 20 heteroatoms. The van der Waals surface area contributed by atoms with Crippen molar-refractivity contribution in [2.45, 2.75) is 116 Å². The second-order valence-corrected chi connectivity index (χ2v) is 21.7. The van der Waals surface area contributed by atoms with E-state index in [1.54, 1.807) is 9.80 Å². The van der Waals surface area contributed by atoms with Crippen LogP contribution in [-0.2, 0) is 21.8 Å². The van der Waals surface area contributed by atoms with E-state index in [2.05, 4.69) is 95.4 Å². The largest absolute Gasteiger partial charge is 0.493 e. The Morgan fingerprint density at radius 3 is 1.26 bits per heavy atom. The van der Waals surface area contributed by atoms with Gasteiger partial charge < -0.3 is 28.7 Å². The molecule has 6 aliphatic heterocycles. The summed E-state index contributed by atoms with van der Waals surface area (Å²) in [6.45, 7) is 26.1. The number of alkyl halides is 6. The first-order valence-electron chi connectivity index (χ1n) is 27.5. The Bertz CT molecular complexity index is 2520. The number of hydrogen-bond acceptors (Lipinski definition) is 12. The molecule has 78 heavy (non-hydrogen) atoms. The molecule has 2 amide bonds. The molecule has 10 rings (SSSR count).